The van der Waals surface area contributed by atoms with Crippen LogP contribution in [0.1, 0.15) is 12.0 Å². The molecule has 1 N–H and O–H groups in total. The van der Waals surface area contributed by atoms with Gasteiger partial charge in [-0.05, 0) is 36.2 Å². The second-order valence-corrected chi connectivity index (χ2v) is 7.21. The van der Waals surface area contributed by atoms with Crippen LogP contribution in [0.2, 0.25) is 0 Å². The van der Waals surface area contributed by atoms with Gasteiger partial charge in [-0.3, -0.25) is 4.79 Å². The summed E-state index contributed by atoms with van der Waals surface area (Å²) in [7, 11) is 1.67. The van der Waals surface area contributed by atoms with Crippen LogP contribution in [0.5, 0.6) is 5.75 Å². The van der Waals surface area contributed by atoms with Crippen molar-refractivity contribution in [1.29, 1.82) is 0 Å². The number of piperazine rings is 1. The highest BCUT2D eigenvalue weighted by atomic mass is 19.2. The van der Waals surface area contributed by atoms with E-state index in [0.717, 1.165) is 57.0 Å². The van der Waals surface area contributed by atoms with Crippen molar-refractivity contribution in [2.75, 3.05) is 51.7 Å². The van der Waals surface area contributed by atoms with Crippen molar-refractivity contribution < 1.29 is 18.3 Å². The molecule has 0 radical (unpaired) electrons. The quantitative estimate of drug-likeness (QED) is 0.736. The molecular formula is C22H27F2N3O2. The maximum Gasteiger partial charge on any atom is 0.225 e. The molecule has 0 unspecified atom stereocenters. The van der Waals surface area contributed by atoms with Crippen molar-refractivity contribution in [3.63, 3.8) is 0 Å². The molecule has 1 aliphatic heterocycles. The molecule has 29 heavy (non-hydrogen) atoms. The largest absolute Gasteiger partial charge is 0.497 e. The number of carbonyl (C=O) groups excluding carboxylic acids is 1. The minimum absolute atomic E-state index is 0.196. The molecule has 0 saturated carbocycles. The van der Waals surface area contributed by atoms with Crippen LogP contribution in [0, 0.1) is 11.6 Å². The number of nitrogens with one attached hydrogen (secondary N) is 1. The van der Waals surface area contributed by atoms with E-state index in [-0.39, 0.29) is 11.6 Å². The van der Waals surface area contributed by atoms with Crippen molar-refractivity contribution in [1.82, 2.24) is 9.80 Å². The van der Waals surface area contributed by atoms with Crippen molar-refractivity contribution in [3.8, 4) is 5.75 Å². The number of halogens is 2. The minimum Gasteiger partial charge on any atom is -0.497 e. The topological polar surface area (TPSA) is 44.8 Å². The molecule has 0 atom stereocenters. The zero-order valence-corrected chi connectivity index (χ0v) is 16.7. The second-order valence-electron chi connectivity index (χ2n) is 7.21. The van der Waals surface area contributed by atoms with Gasteiger partial charge in [0.05, 0.1) is 7.11 Å². The van der Waals surface area contributed by atoms with Crippen LogP contribution in [-0.2, 0) is 11.2 Å². The molecule has 5 nitrogen and oxygen atoms in total. The number of anilines is 1. The van der Waals surface area contributed by atoms with E-state index in [1.807, 2.05) is 12.1 Å². The van der Waals surface area contributed by atoms with Crippen LogP contribution in [0.15, 0.2) is 42.5 Å². The predicted molar refractivity (Wildman–Crippen MR) is 109 cm³/mol. The summed E-state index contributed by atoms with van der Waals surface area (Å²) in [5, 5.41) is 2.61. The van der Waals surface area contributed by atoms with E-state index in [0.29, 0.717) is 13.0 Å². The van der Waals surface area contributed by atoms with Crippen molar-refractivity contribution >= 4 is 11.6 Å². The zero-order valence-electron chi connectivity index (χ0n) is 16.7. The number of rotatable bonds is 8. The van der Waals surface area contributed by atoms with Gasteiger partial charge in [-0.25, -0.2) is 8.78 Å². The third-order valence-corrected chi connectivity index (χ3v) is 5.20. The minimum atomic E-state index is -0.964. The number of benzene rings is 2. The lowest BCUT2D eigenvalue weighted by molar-refractivity contribution is -0.116. The number of hydrogen-bond donors (Lipinski definition) is 1. The van der Waals surface area contributed by atoms with E-state index < -0.39 is 11.6 Å². The van der Waals surface area contributed by atoms with Gasteiger partial charge in [0.15, 0.2) is 11.6 Å². The molecule has 156 valence electrons. The van der Waals surface area contributed by atoms with E-state index in [1.165, 1.54) is 11.6 Å². The predicted octanol–water partition coefficient (Wildman–Crippen LogP) is 3.16. The highest BCUT2D eigenvalue weighted by Crippen LogP contribution is 2.14. The summed E-state index contributed by atoms with van der Waals surface area (Å²) >= 11 is 0. The van der Waals surface area contributed by atoms with Crippen molar-refractivity contribution in [2.24, 2.45) is 0 Å². The lowest BCUT2D eigenvalue weighted by atomic mass is 10.1. The maximum absolute atomic E-state index is 13.2. The third-order valence-electron chi connectivity index (χ3n) is 5.20. The van der Waals surface area contributed by atoms with Gasteiger partial charge < -0.3 is 19.9 Å². The Kier molecular flexibility index (Phi) is 7.55. The van der Waals surface area contributed by atoms with Gasteiger partial charge in [-0.1, -0.05) is 12.1 Å². The average Bonchev–Trinajstić information content (AvgIpc) is 2.74. The van der Waals surface area contributed by atoms with Crippen LogP contribution < -0.4 is 10.1 Å². The molecule has 2 aromatic rings. The molecule has 1 heterocycles. The molecular weight excluding hydrogens is 376 g/mol. The Bertz CT molecular complexity index is 806. The van der Waals surface area contributed by atoms with Gasteiger partial charge in [0.1, 0.15) is 5.75 Å². The SMILES string of the molecule is COc1ccc(CCN2CCN(CCC(=O)Nc3ccc(F)c(F)c3)CC2)cc1. The Morgan fingerprint density at radius 2 is 1.62 bits per heavy atom. The summed E-state index contributed by atoms with van der Waals surface area (Å²) in [6.45, 7) is 5.45. The van der Waals surface area contributed by atoms with Gasteiger partial charge in [-0.2, -0.15) is 0 Å². The normalized spacial score (nSPS) is 15.3. The average molecular weight is 403 g/mol. The number of carbonyl (C=O) groups is 1. The first kappa shape index (κ1) is 21.2. The maximum atomic E-state index is 13.2. The highest BCUT2D eigenvalue weighted by Gasteiger charge is 2.17. The van der Waals surface area contributed by atoms with E-state index in [9.17, 15) is 13.6 Å². The van der Waals surface area contributed by atoms with Gasteiger partial charge >= 0.3 is 0 Å². The molecule has 1 saturated heterocycles. The first-order valence-corrected chi connectivity index (χ1v) is 9.86. The monoisotopic (exact) mass is 403 g/mol. The van der Waals surface area contributed by atoms with Crippen molar-refractivity contribution in [2.45, 2.75) is 12.8 Å². The zero-order chi connectivity index (χ0) is 20.6. The highest BCUT2D eigenvalue weighted by molar-refractivity contribution is 5.90. The van der Waals surface area contributed by atoms with Crippen LogP contribution in [0.4, 0.5) is 14.5 Å². The fourth-order valence-corrected chi connectivity index (χ4v) is 3.37. The summed E-state index contributed by atoms with van der Waals surface area (Å²) in [6, 6.07) is 11.5. The summed E-state index contributed by atoms with van der Waals surface area (Å²) in [6.07, 6.45) is 1.32. The standard InChI is InChI=1S/C22H27F2N3O2/c1-29-19-5-2-17(3-6-19)8-10-26-12-14-27(15-13-26)11-9-22(28)25-18-4-7-20(23)21(24)16-18/h2-7,16H,8-15H2,1H3,(H,25,28). The number of ether oxygens (including phenoxy) is 1. The van der Waals surface area contributed by atoms with E-state index in [1.54, 1.807) is 7.11 Å². The fraction of sp³-hybridized carbons (Fsp3) is 0.409. The van der Waals surface area contributed by atoms with Crippen LogP contribution in [-0.4, -0.2) is 62.1 Å². The molecule has 7 heteroatoms. The van der Waals surface area contributed by atoms with Crippen LogP contribution >= 0.6 is 0 Å². The molecule has 3 rings (SSSR count). The summed E-state index contributed by atoms with van der Waals surface area (Å²) < 4.78 is 31.3. The van der Waals surface area contributed by atoms with Gasteiger partial charge in [0.2, 0.25) is 5.91 Å². The van der Waals surface area contributed by atoms with Gasteiger partial charge in [0, 0.05) is 57.4 Å². The number of nitrogens with zero attached hydrogens (tertiary/aromatic N) is 2. The van der Waals surface area contributed by atoms with Crippen molar-refractivity contribution in [3.05, 3.63) is 59.7 Å². The third kappa shape index (κ3) is 6.51. The fourth-order valence-electron chi connectivity index (χ4n) is 3.37. The smallest absolute Gasteiger partial charge is 0.225 e. The molecule has 1 fully saturated rings. The molecule has 0 aliphatic carbocycles. The Balaban J connectivity index is 1.33. The van der Waals surface area contributed by atoms with Crippen LogP contribution in [0.25, 0.3) is 0 Å². The second kappa shape index (κ2) is 10.3. The summed E-state index contributed by atoms with van der Waals surface area (Å²) in [5.74, 6) is -1.21. The molecule has 0 spiro atoms. The number of hydrogen-bond acceptors (Lipinski definition) is 4. The lowest BCUT2D eigenvalue weighted by Crippen LogP contribution is -2.47. The van der Waals surface area contributed by atoms with E-state index >= 15 is 0 Å². The Morgan fingerprint density at radius 1 is 0.966 bits per heavy atom. The first-order valence-electron chi connectivity index (χ1n) is 9.86. The van der Waals surface area contributed by atoms with E-state index in [4.69, 9.17) is 4.74 Å². The molecule has 2 aromatic carbocycles. The molecule has 0 bridgehead atoms. The number of amides is 1. The van der Waals surface area contributed by atoms with E-state index in [2.05, 4.69) is 27.2 Å². The van der Waals surface area contributed by atoms with Gasteiger partial charge in [0.25, 0.3) is 0 Å². The Morgan fingerprint density at radius 3 is 2.24 bits per heavy atom. The lowest BCUT2D eigenvalue weighted by Gasteiger charge is -2.34. The number of methoxy groups -OCH3 is 1. The summed E-state index contributed by atoms with van der Waals surface area (Å²) in [5.41, 5.74) is 1.57. The first-order chi connectivity index (χ1) is 14.0. The molecule has 1 amide bonds. The van der Waals surface area contributed by atoms with Crippen LogP contribution in [0.3, 0.4) is 0 Å². The summed E-state index contributed by atoms with van der Waals surface area (Å²) in [4.78, 5) is 16.7. The Labute approximate surface area is 170 Å². The molecule has 1 aliphatic rings. The molecule has 0 aromatic heterocycles. The Hall–Kier alpha value is -2.51. The van der Waals surface area contributed by atoms with Gasteiger partial charge in [-0.15, -0.1) is 0 Å².